The Bertz CT molecular complexity index is 631. The molecule has 0 aromatic heterocycles. The molecule has 0 heterocycles. The fourth-order valence-electron chi connectivity index (χ4n) is 2.10. The van der Waals surface area contributed by atoms with Crippen LogP contribution < -0.4 is 5.32 Å². The molecule has 0 aliphatic carbocycles. The average Bonchev–Trinajstić information content (AvgIpc) is 2.56. The van der Waals surface area contributed by atoms with Gasteiger partial charge in [-0.2, -0.15) is 0 Å². The summed E-state index contributed by atoms with van der Waals surface area (Å²) >= 11 is 5.10. The summed E-state index contributed by atoms with van der Waals surface area (Å²) in [5.41, 5.74) is 2.21. The van der Waals surface area contributed by atoms with E-state index in [9.17, 15) is 4.79 Å². The highest BCUT2D eigenvalue weighted by Gasteiger charge is 2.05. The summed E-state index contributed by atoms with van der Waals surface area (Å²) in [5, 5.41) is 2.98. The van der Waals surface area contributed by atoms with Crippen molar-refractivity contribution in [3.8, 4) is 0 Å². The maximum atomic E-state index is 12.0. The van der Waals surface area contributed by atoms with Gasteiger partial charge in [0.05, 0.1) is 6.61 Å². The number of methoxy groups -OCH3 is 1. The van der Waals surface area contributed by atoms with E-state index in [1.54, 1.807) is 18.9 Å². The summed E-state index contributed by atoms with van der Waals surface area (Å²) in [6.07, 6.45) is 0.507. The van der Waals surface area contributed by atoms with E-state index in [0.29, 0.717) is 19.6 Å². The van der Waals surface area contributed by atoms with Crippen molar-refractivity contribution in [2.75, 3.05) is 12.9 Å². The molecule has 3 nitrogen and oxygen atoms in total. The second kappa shape index (κ2) is 9.75. The number of carbonyl (C=O) groups excluding carboxylic acids is 1. The van der Waals surface area contributed by atoms with Crippen LogP contribution in [0.4, 0.5) is 0 Å². The van der Waals surface area contributed by atoms with Crippen molar-refractivity contribution in [1.29, 1.82) is 0 Å². The minimum Gasteiger partial charge on any atom is -0.380 e. The zero-order valence-corrected chi connectivity index (χ0v) is 15.5. The van der Waals surface area contributed by atoms with Crippen molar-refractivity contribution in [2.45, 2.75) is 24.5 Å². The number of carbonyl (C=O) groups is 1. The van der Waals surface area contributed by atoms with Gasteiger partial charge in [-0.3, -0.25) is 4.79 Å². The molecule has 0 bridgehead atoms. The summed E-state index contributed by atoms with van der Waals surface area (Å²) in [4.78, 5) is 13.1. The largest absolute Gasteiger partial charge is 0.380 e. The van der Waals surface area contributed by atoms with Gasteiger partial charge in [0.2, 0.25) is 5.91 Å². The smallest absolute Gasteiger partial charge is 0.221 e. The molecular formula is C18H20BrNO2S. The van der Waals surface area contributed by atoms with Crippen LogP contribution in [-0.2, 0) is 22.7 Å². The second-order valence-electron chi connectivity index (χ2n) is 5.03. The molecule has 2 aromatic rings. The molecule has 0 aliphatic heterocycles. The molecule has 0 saturated carbocycles. The number of halogens is 1. The standard InChI is InChI=1S/C18H20BrNO2S/c1-22-13-15-5-3-2-4-14(15)12-20-18(21)10-11-23-17-8-6-16(19)7-9-17/h2-9H,10-13H2,1H3,(H,20,21). The summed E-state index contributed by atoms with van der Waals surface area (Å²) in [6.45, 7) is 1.10. The van der Waals surface area contributed by atoms with Crippen LogP contribution in [0.1, 0.15) is 17.5 Å². The van der Waals surface area contributed by atoms with Crippen molar-refractivity contribution in [2.24, 2.45) is 0 Å². The molecular weight excluding hydrogens is 374 g/mol. The number of hydrogen-bond donors (Lipinski definition) is 1. The van der Waals surface area contributed by atoms with Gasteiger partial charge in [0, 0.05) is 35.2 Å². The van der Waals surface area contributed by atoms with Crippen molar-refractivity contribution in [1.82, 2.24) is 5.32 Å². The van der Waals surface area contributed by atoms with Gasteiger partial charge in [0.1, 0.15) is 0 Å². The van der Waals surface area contributed by atoms with Crippen molar-refractivity contribution < 1.29 is 9.53 Å². The van der Waals surface area contributed by atoms with Gasteiger partial charge in [0.25, 0.3) is 0 Å². The third kappa shape index (κ3) is 6.37. The highest BCUT2D eigenvalue weighted by atomic mass is 79.9. The van der Waals surface area contributed by atoms with Gasteiger partial charge >= 0.3 is 0 Å². The van der Waals surface area contributed by atoms with Crippen molar-refractivity contribution in [3.05, 3.63) is 64.1 Å². The van der Waals surface area contributed by atoms with Crippen LogP contribution in [0.3, 0.4) is 0 Å². The number of nitrogens with one attached hydrogen (secondary N) is 1. The maximum absolute atomic E-state index is 12.0. The van der Waals surface area contributed by atoms with Crippen LogP contribution in [0.25, 0.3) is 0 Å². The summed E-state index contributed by atoms with van der Waals surface area (Å²) in [5.74, 6) is 0.842. The molecule has 0 fully saturated rings. The number of amides is 1. The topological polar surface area (TPSA) is 38.3 Å². The van der Waals surface area contributed by atoms with E-state index in [1.807, 2.05) is 48.5 Å². The number of ether oxygens (including phenoxy) is 1. The fraction of sp³-hybridized carbons (Fsp3) is 0.278. The van der Waals surface area contributed by atoms with Crippen LogP contribution >= 0.6 is 27.7 Å². The van der Waals surface area contributed by atoms with Crippen LogP contribution in [0.15, 0.2) is 57.9 Å². The van der Waals surface area contributed by atoms with Gasteiger partial charge in [0.15, 0.2) is 0 Å². The maximum Gasteiger partial charge on any atom is 0.221 e. The highest BCUT2D eigenvalue weighted by molar-refractivity contribution is 9.10. The molecule has 0 radical (unpaired) electrons. The van der Waals surface area contributed by atoms with Crippen molar-refractivity contribution in [3.63, 3.8) is 0 Å². The van der Waals surface area contributed by atoms with Crippen LogP contribution in [0, 0.1) is 0 Å². The Labute approximate surface area is 149 Å². The number of rotatable bonds is 8. The molecule has 2 rings (SSSR count). The predicted molar refractivity (Wildman–Crippen MR) is 98.5 cm³/mol. The fourth-order valence-corrected chi connectivity index (χ4v) is 3.22. The Morgan fingerprint density at radius 3 is 2.52 bits per heavy atom. The van der Waals surface area contributed by atoms with Crippen LogP contribution in [-0.4, -0.2) is 18.8 Å². The van der Waals surface area contributed by atoms with E-state index in [0.717, 1.165) is 21.4 Å². The molecule has 2 aromatic carbocycles. The first-order chi connectivity index (χ1) is 11.2. The molecule has 0 aliphatic rings. The number of benzene rings is 2. The Hall–Kier alpha value is -1.30. The number of hydrogen-bond acceptors (Lipinski definition) is 3. The van der Waals surface area contributed by atoms with Crippen LogP contribution in [0.2, 0.25) is 0 Å². The average molecular weight is 394 g/mol. The van der Waals surface area contributed by atoms with E-state index in [1.165, 1.54) is 4.90 Å². The molecule has 0 atom stereocenters. The summed E-state index contributed by atoms with van der Waals surface area (Å²) in [7, 11) is 1.68. The zero-order chi connectivity index (χ0) is 16.5. The lowest BCUT2D eigenvalue weighted by molar-refractivity contribution is -0.120. The first-order valence-electron chi connectivity index (χ1n) is 7.40. The third-order valence-corrected chi connectivity index (χ3v) is 4.85. The van der Waals surface area contributed by atoms with E-state index >= 15 is 0 Å². The zero-order valence-electron chi connectivity index (χ0n) is 13.0. The SMILES string of the molecule is COCc1ccccc1CNC(=O)CCSc1ccc(Br)cc1. The van der Waals surface area contributed by atoms with E-state index < -0.39 is 0 Å². The van der Waals surface area contributed by atoms with Gasteiger partial charge in [-0.05, 0) is 35.4 Å². The minimum absolute atomic E-state index is 0.0711. The van der Waals surface area contributed by atoms with E-state index in [4.69, 9.17) is 4.74 Å². The lowest BCUT2D eigenvalue weighted by atomic mass is 10.1. The first kappa shape index (κ1) is 18.0. The van der Waals surface area contributed by atoms with Gasteiger partial charge in [-0.1, -0.05) is 40.2 Å². The molecule has 1 N–H and O–H groups in total. The molecule has 5 heteroatoms. The van der Waals surface area contributed by atoms with Crippen molar-refractivity contribution >= 4 is 33.6 Å². The predicted octanol–water partition coefficient (Wildman–Crippen LogP) is 4.39. The lowest BCUT2D eigenvalue weighted by Gasteiger charge is -2.10. The third-order valence-electron chi connectivity index (χ3n) is 3.31. The minimum atomic E-state index is 0.0711. The van der Waals surface area contributed by atoms with E-state index in [2.05, 4.69) is 21.2 Å². The molecule has 1 amide bonds. The quantitative estimate of drug-likeness (QED) is 0.675. The molecule has 122 valence electrons. The summed E-state index contributed by atoms with van der Waals surface area (Å²) < 4.78 is 6.24. The molecule has 0 unspecified atom stereocenters. The lowest BCUT2D eigenvalue weighted by Crippen LogP contribution is -2.23. The molecule has 0 spiro atoms. The monoisotopic (exact) mass is 393 g/mol. The van der Waals surface area contributed by atoms with Gasteiger partial charge in [-0.25, -0.2) is 0 Å². The molecule has 0 saturated heterocycles. The summed E-state index contributed by atoms with van der Waals surface area (Å²) in [6, 6.07) is 16.1. The molecule has 23 heavy (non-hydrogen) atoms. The van der Waals surface area contributed by atoms with Gasteiger partial charge < -0.3 is 10.1 Å². The Kier molecular flexibility index (Phi) is 7.65. The highest BCUT2D eigenvalue weighted by Crippen LogP contribution is 2.21. The van der Waals surface area contributed by atoms with Gasteiger partial charge in [-0.15, -0.1) is 11.8 Å². The van der Waals surface area contributed by atoms with E-state index in [-0.39, 0.29) is 5.91 Å². The number of thioether (sulfide) groups is 1. The Balaban J connectivity index is 1.74. The normalized spacial score (nSPS) is 10.5. The first-order valence-corrected chi connectivity index (χ1v) is 9.17. The second-order valence-corrected chi connectivity index (χ2v) is 7.11. The van der Waals surface area contributed by atoms with Crippen LogP contribution in [0.5, 0.6) is 0 Å². The Morgan fingerprint density at radius 2 is 1.83 bits per heavy atom. The Morgan fingerprint density at radius 1 is 1.13 bits per heavy atom.